The molecule has 2 aliphatic heterocycles. The van der Waals surface area contributed by atoms with E-state index in [1.807, 2.05) is 26.1 Å². The molecule has 0 radical (unpaired) electrons. The number of benzene rings is 2. The highest BCUT2D eigenvalue weighted by atomic mass is 19.1. The summed E-state index contributed by atoms with van der Waals surface area (Å²) in [7, 11) is 0. The number of pyridine rings is 2. The molecule has 2 amide bonds. The Morgan fingerprint density at radius 2 is 1.73 bits per heavy atom. The molecule has 2 fully saturated rings. The number of imide groups is 1. The van der Waals surface area contributed by atoms with E-state index in [-0.39, 0.29) is 23.3 Å². The smallest absolute Gasteiger partial charge is 0.234 e. The zero-order valence-corrected chi connectivity index (χ0v) is 29.9. The summed E-state index contributed by atoms with van der Waals surface area (Å²) < 4.78 is 29.2. The van der Waals surface area contributed by atoms with Gasteiger partial charge < -0.3 is 5.32 Å². The van der Waals surface area contributed by atoms with Crippen LogP contribution in [0.15, 0.2) is 67.1 Å². The summed E-state index contributed by atoms with van der Waals surface area (Å²) >= 11 is 0. The zero-order chi connectivity index (χ0) is 36.5. The summed E-state index contributed by atoms with van der Waals surface area (Å²) in [6.45, 7) is 9.82. The van der Waals surface area contributed by atoms with Gasteiger partial charge >= 0.3 is 0 Å². The van der Waals surface area contributed by atoms with Crippen molar-refractivity contribution in [2.24, 2.45) is 0 Å². The van der Waals surface area contributed by atoms with Crippen LogP contribution in [0.3, 0.4) is 0 Å². The molecule has 0 bridgehead atoms. The highest BCUT2D eigenvalue weighted by Crippen LogP contribution is 2.35. The molecule has 7 rings (SSSR count). The highest BCUT2D eigenvalue weighted by Gasteiger charge is 2.29. The lowest BCUT2D eigenvalue weighted by molar-refractivity contribution is -0.134. The van der Waals surface area contributed by atoms with Crippen molar-refractivity contribution in [3.8, 4) is 11.3 Å². The van der Waals surface area contributed by atoms with Gasteiger partial charge in [-0.1, -0.05) is 36.4 Å². The van der Waals surface area contributed by atoms with E-state index in [2.05, 4.69) is 61.9 Å². The van der Waals surface area contributed by atoms with E-state index in [4.69, 9.17) is 4.98 Å². The number of aromatic nitrogens is 4. The van der Waals surface area contributed by atoms with E-state index in [0.717, 1.165) is 71.3 Å². The lowest BCUT2D eigenvalue weighted by atomic mass is 9.83. The molecule has 2 aliphatic rings. The fraction of sp³-hybridized carbons (Fsp3) is 0.366. The van der Waals surface area contributed by atoms with Gasteiger partial charge in [0.25, 0.3) is 0 Å². The molecule has 2 saturated heterocycles. The van der Waals surface area contributed by atoms with Crippen LogP contribution in [-0.2, 0) is 16.1 Å². The van der Waals surface area contributed by atoms with Crippen LogP contribution in [0.4, 0.5) is 14.6 Å². The molecule has 9 nitrogen and oxygen atoms in total. The first-order chi connectivity index (χ1) is 25.0. The van der Waals surface area contributed by atoms with Crippen molar-refractivity contribution in [2.75, 3.05) is 18.4 Å². The topological polar surface area (TPSA) is 113 Å². The number of halogens is 2. The van der Waals surface area contributed by atoms with Crippen molar-refractivity contribution in [1.82, 2.24) is 30.4 Å². The van der Waals surface area contributed by atoms with Crippen molar-refractivity contribution >= 4 is 28.4 Å². The Hall–Kier alpha value is -5.16. The van der Waals surface area contributed by atoms with Gasteiger partial charge in [-0.2, -0.15) is 5.10 Å². The Bertz CT molecular complexity index is 2150. The maximum Gasteiger partial charge on any atom is 0.234 e. The van der Waals surface area contributed by atoms with Gasteiger partial charge in [0.05, 0.1) is 23.3 Å². The third-order valence-corrected chi connectivity index (χ3v) is 10.6. The Kier molecular flexibility index (Phi) is 10.1. The average Bonchev–Trinajstić information content (AvgIpc) is 3.13. The Morgan fingerprint density at radius 1 is 0.942 bits per heavy atom. The van der Waals surface area contributed by atoms with Crippen LogP contribution in [-0.4, -0.2) is 50.0 Å². The molecule has 0 aliphatic carbocycles. The second kappa shape index (κ2) is 14.8. The van der Waals surface area contributed by atoms with Gasteiger partial charge in [-0.05, 0) is 100 Å². The predicted molar refractivity (Wildman–Crippen MR) is 197 cm³/mol. The third-order valence-electron chi connectivity index (χ3n) is 10.6. The number of alkyl halides is 1. The second-order valence-corrected chi connectivity index (χ2v) is 14.2. The molecule has 0 saturated carbocycles. The van der Waals surface area contributed by atoms with E-state index in [9.17, 15) is 14.0 Å². The minimum absolute atomic E-state index is 0.0302. The number of nitrogens with one attached hydrogen (secondary N) is 2. The minimum atomic E-state index is -1.42. The van der Waals surface area contributed by atoms with Gasteiger partial charge in [0.2, 0.25) is 11.8 Å². The van der Waals surface area contributed by atoms with E-state index >= 15 is 4.39 Å². The number of carbonyl (C=O) groups excluding carboxylic acids is 2. The van der Waals surface area contributed by atoms with Crippen LogP contribution >= 0.6 is 0 Å². The molecule has 52 heavy (non-hydrogen) atoms. The first-order valence-corrected chi connectivity index (χ1v) is 18.0. The Labute approximate surface area is 302 Å². The maximum atomic E-state index is 15.2. The summed E-state index contributed by atoms with van der Waals surface area (Å²) in [4.78, 5) is 35.8. The fourth-order valence-corrected chi connectivity index (χ4v) is 7.69. The number of hydrogen-bond donors (Lipinski definition) is 2. The van der Waals surface area contributed by atoms with Crippen LogP contribution in [0.25, 0.3) is 22.0 Å². The molecular weight excluding hydrogens is 660 g/mol. The molecule has 5 aromatic rings. The molecule has 2 N–H and O–H groups in total. The van der Waals surface area contributed by atoms with Crippen molar-refractivity contribution in [3.05, 3.63) is 112 Å². The van der Waals surface area contributed by atoms with Gasteiger partial charge in [-0.25, -0.2) is 8.78 Å². The van der Waals surface area contributed by atoms with Crippen LogP contribution in [0.1, 0.15) is 103 Å². The lowest BCUT2D eigenvalue weighted by Crippen LogP contribution is -2.39. The molecular formula is C41H43F2N7O2. The summed E-state index contributed by atoms with van der Waals surface area (Å²) in [6.07, 6.45) is 7.08. The standard InChI is InChI=1S/C41H43F2N7O2/c1-23-16-29(34-10-11-38(51)47-41(34)52)8-9-31(23)28-12-14-50(15-13-28)22-27-17-30(20-44-19-27)37-18-35-36(21-45-37)26(4)48-49-40(35)46-25(3)33-7-5-6-32(24(2)42)39(33)43/h5-9,16-21,24-25,28,34H,10-15,22H2,1-4H3,(H,46,49)(H,47,51,52). The average molecular weight is 704 g/mol. The number of hydrogen-bond acceptors (Lipinski definition) is 8. The number of likely N-dealkylation sites (tertiary alicyclic amines) is 1. The number of aryl methyl sites for hydroxylation is 2. The Balaban J connectivity index is 1.03. The number of carbonyl (C=O) groups is 2. The van der Waals surface area contributed by atoms with Crippen LogP contribution in [0.5, 0.6) is 0 Å². The van der Waals surface area contributed by atoms with Gasteiger partial charge in [-0.3, -0.25) is 29.8 Å². The van der Waals surface area contributed by atoms with Gasteiger partial charge in [0.1, 0.15) is 12.0 Å². The van der Waals surface area contributed by atoms with E-state index in [0.29, 0.717) is 30.1 Å². The summed E-state index contributed by atoms with van der Waals surface area (Å²) in [5.41, 5.74) is 7.32. The monoisotopic (exact) mass is 703 g/mol. The maximum absolute atomic E-state index is 15.2. The van der Waals surface area contributed by atoms with Gasteiger partial charge in [0.15, 0.2) is 5.82 Å². The first-order valence-electron chi connectivity index (χ1n) is 18.0. The fourth-order valence-electron chi connectivity index (χ4n) is 7.69. The van der Waals surface area contributed by atoms with Gasteiger partial charge in [0, 0.05) is 59.0 Å². The molecule has 268 valence electrons. The third kappa shape index (κ3) is 7.27. The summed E-state index contributed by atoms with van der Waals surface area (Å²) in [6, 6.07) is 14.7. The van der Waals surface area contributed by atoms with Crippen molar-refractivity contribution < 1.29 is 18.4 Å². The summed E-state index contributed by atoms with van der Waals surface area (Å²) in [5, 5.41) is 16.1. The molecule has 3 aromatic heterocycles. The number of rotatable bonds is 9. The molecule has 0 spiro atoms. The number of nitrogens with zero attached hydrogens (tertiary/aromatic N) is 5. The molecule has 2 aromatic carbocycles. The van der Waals surface area contributed by atoms with E-state index in [1.54, 1.807) is 24.5 Å². The minimum Gasteiger partial charge on any atom is -0.361 e. The zero-order valence-electron chi connectivity index (χ0n) is 29.9. The number of fused-ring (bicyclic) bond motifs is 1. The molecule has 11 heteroatoms. The first kappa shape index (κ1) is 35.3. The van der Waals surface area contributed by atoms with Crippen molar-refractivity contribution in [3.63, 3.8) is 0 Å². The van der Waals surface area contributed by atoms with E-state index in [1.165, 1.54) is 24.1 Å². The Morgan fingerprint density at radius 3 is 2.48 bits per heavy atom. The van der Waals surface area contributed by atoms with Crippen LogP contribution in [0.2, 0.25) is 0 Å². The van der Waals surface area contributed by atoms with Crippen LogP contribution < -0.4 is 10.6 Å². The number of anilines is 1. The summed E-state index contributed by atoms with van der Waals surface area (Å²) in [5.74, 6) is -0.289. The molecule has 3 atom stereocenters. The normalized spacial score (nSPS) is 18.3. The van der Waals surface area contributed by atoms with Crippen molar-refractivity contribution in [2.45, 2.75) is 84.0 Å². The molecule has 3 unspecified atom stereocenters. The van der Waals surface area contributed by atoms with Crippen molar-refractivity contribution in [1.29, 1.82) is 0 Å². The number of amides is 2. The largest absolute Gasteiger partial charge is 0.361 e. The molecule has 5 heterocycles. The SMILES string of the molecule is Cc1cc(C2CCC(=O)NC2=O)ccc1C1CCN(Cc2cncc(-c3cc4c(NC(C)c5cccc(C(C)F)c5F)nnc(C)c4cn3)c2)CC1. The number of piperidine rings is 2. The second-order valence-electron chi connectivity index (χ2n) is 14.2. The quantitative estimate of drug-likeness (QED) is 0.149. The van der Waals surface area contributed by atoms with E-state index < -0.39 is 18.0 Å². The van der Waals surface area contributed by atoms with Crippen LogP contribution in [0, 0.1) is 19.7 Å². The highest BCUT2D eigenvalue weighted by molar-refractivity contribution is 6.01. The predicted octanol–water partition coefficient (Wildman–Crippen LogP) is 7.95. The lowest BCUT2D eigenvalue weighted by Gasteiger charge is -2.33. The van der Waals surface area contributed by atoms with Gasteiger partial charge in [-0.15, -0.1) is 5.10 Å².